The zero-order valence-electron chi connectivity index (χ0n) is 9.25. The van der Waals surface area contributed by atoms with Crippen LogP contribution in [0, 0.1) is 5.82 Å². The van der Waals surface area contributed by atoms with Crippen LogP contribution in [0.25, 0.3) is 0 Å². The molecule has 1 atom stereocenters. The van der Waals surface area contributed by atoms with Crippen LogP contribution < -0.4 is 0 Å². The van der Waals surface area contributed by atoms with Crippen molar-refractivity contribution in [1.29, 1.82) is 0 Å². The molecule has 0 amide bonds. The van der Waals surface area contributed by atoms with E-state index in [4.69, 9.17) is 4.74 Å². The van der Waals surface area contributed by atoms with Gasteiger partial charge in [-0.3, -0.25) is 0 Å². The molecule has 1 unspecified atom stereocenters. The minimum atomic E-state index is -0.441. The summed E-state index contributed by atoms with van der Waals surface area (Å²) in [4.78, 5) is 0. The molecule has 1 aromatic rings. The third-order valence-electron chi connectivity index (χ3n) is 2.28. The van der Waals surface area contributed by atoms with Crippen LogP contribution in [0.3, 0.4) is 0 Å². The zero-order chi connectivity index (χ0) is 12.0. The number of hydrogen-bond donors (Lipinski definition) is 1. The number of benzene rings is 1. The maximum atomic E-state index is 13.1. The van der Waals surface area contributed by atoms with Gasteiger partial charge in [-0.25, -0.2) is 4.39 Å². The highest BCUT2D eigenvalue weighted by Gasteiger charge is 2.07. The minimum absolute atomic E-state index is 0.284. The fraction of sp³-hybridized carbons (Fsp3) is 0.500. The summed E-state index contributed by atoms with van der Waals surface area (Å²) >= 11 is 3.23. The molecule has 0 saturated carbocycles. The average molecular weight is 291 g/mol. The molecular weight excluding hydrogens is 275 g/mol. The molecule has 0 spiro atoms. The smallest absolute Gasteiger partial charge is 0.124 e. The molecule has 0 radical (unpaired) electrons. The zero-order valence-corrected chi connectivity index (χ0v) is 10.8. The maximum absolute atomic E-state index is 13.1. The van der Waals surface area contributed by atoms with Crippen LogP contribution in [-0.4, -0.2) is 24.9 Å². The molecule has 90 valence electrons. The largest absolute Gasteiger partial charge is 0.393 e. The Balaban J connectivity index is 2.45. The first-order valence-corrected chi connectivity index (χ1v) is 6.03. The standard InChI is InChI=1S/C12H16BrFO2/c1-16-4-2-3-12(15)7-9-5-10(13)8-11(14)6-9/h5-6,8,12,15H,2-4,7H2,1H3. The number of aliphatic hydroxyl groups is 1. The van der Waals surface area contributed by atoms with Crippen molar-refractivity contribution < 1.29 is 14.2 Å². The van der Waals surface area contributed by atoms with Gasteiger partial charge in [0.1, 0.15) is 5.82 Å². The van der Waals surface area contributed by atoms with Crippen molar-refractivity contribution in [2.24, 2.45) is 0 Å². The number of ether oxygens (including phenoxy) is 1. The van der Waals surface area contributed by atoms with E-state index in [0.717, 1.165) is 12.0 Å². The van der Waals surface area contributed by atoms with Crippen LogP contribution in [0.5, 0.6) is 0 Å². The molecule has 0 aliphatic heterocycles. The monoisotopic (exact) mass is 290 g/mol. The Bertz CT molecular complexity index is 311. The van der Waals surface area contributed by atoms with Crippen molar-refractivity contribution >= 4 is 15.9 Å². The van der Waals surface area contributed by atoms with Crippen molar-refractivity contribution in [3.05, 3.63) is 34.1 Å². The van der Waals surface area contributed by atoms with E-state index in [2.05, 4.69) is 15.9 Å². The van der Waals surface area contributed by atoms with E-state index in [-0.39, 0.29) is 5.82 Å². The highest BCUT2D eigenvalue weighted by molar-refractivity contribution is 9.10. The molecule has 0 heterocycles. The SMILES string of the molecule is COCCCC(O)Cc1cc(F)cc(Br)c1. The van der Waals surface area contributed by atoms with E-state index in [1.807, 2.05) is 6.07 Å². The first-order chi connectivity index (χ1) is 7.61. The lowest BCUT2D eigenvalue weighted by Gasteiger charge is -2.10. The van der Waals surface area contributed by atoms with E-state index in [0.29, 0.717) is 23.9 Å². The topological polar surface area (TPSA) is 29.5 Å². The van der Waals surface area contributed by atoms with Crippen molar-refractivity contribution in [3.8, 4) is 0 Å². The quantitative estimate of drug-likeness (QED) is 0.817. The van der Waals surface area contributed by atoms with E-state index >= 15 is 0 Å². The lowest BCUT2D eigenvalue weighted by atomic mass is 10.0. The summed E-state index contributed by atoms with van der Waals surface area (Å²) in [5.74, 6) is -0.284. The van der Waals surface area contributed by atoms with E-state index in [1.165, 1.54) is 12.1 Å². The van der Waals surface area contributed by atoms with Crippen molar-refractivity contribution in [2.75, 3.05) is 13.7 Å². The second-order valence-corrected chi connectivity index (χ2v) is 4.69. The molecule has 1 rings (SSSR count). The summed E-state index contributed by atoms with van der Waals surface area (Å²) in [6.45, 7) is 0.643. The molecule has 0 bridgehead atoms. The Morgan fingerprint density at radius 3 is 2.81 bits per heavy atom. The second kappa shape index (κ2) is 6.99. The normalized spacial score (nSPS) is 12.8. The lowest BCUT2D eigenvalue weighted by molar-refractivity contribution is 0.135. The molecule has 4 heteroatoms. The first-order valence-electron chi connectivity index (χ1n) is 5.24. The summed E-state index contributed by atoms with van der Waals surface area (Å²) in [5.41, 5.74) is 0.803. The molecule has 0 aliphatic rings. The van der Waals surface area contributed by atoms with Gasteiger partial charge in [0.2, 0.25) is 0 Å². The molecule has 0 saturated heterocycles. The lowest BCUT2D eigenvalue weighted by Crippen LogP contribution is -2.11. The van der Waals surface area contributed by atoms with Crippen molar-refractivity contribution in [3.63, 3.8) is 0 Å². The molecule has 0 fully saturated rings. The number of hydrogen-bond acceptors (Lipinski definition) is 2. The summed E-state index contributed by atoms with van der Waals surface area (Å²) in [6, 6.07) is 4.67. The summed E-state index contributed by atoms with van der Waals surface area (Å²) in [5, 5.41) is 9.72. The van der Waals surface area contributed by atoms with Crippen LogP contribution >= 0.6 is 15.9 Å². The van der Waals surface area contributed by atoms with Gasteiger partial charge in [-0.05, 0) is 43.0 Å². The van der Waals surface area contributed by atoms with Gasteiger partial charge in [-0.15, -0.1) is 0 Å². The maximum Gasteiger partial charge on any atom is 0.124 e. The van der Waals surface area contributed by atoms with E-state index in [1.54, 1.807) is 7.11 Å². The molecule has 16 heavy (non-hydrogen) atoms. The van der Waals surface area contributed by atoms with Crippen molar-refractivity contribution in [1.82, 2.24) is 0 Å². The van der Waals surface area contributed by atoms with Crippen LogP contribution in [0.2, 0.25) is 0 Å². The number of rotatable bonds is 6. The van der Waals surface area contributed by atoms with Gasteiger partial charge >= 0.3 is 0 Å². The molecule has 0 aliphatic carbocycles. The number of aliphatic hydroxyl groups excluding tert-OH is 1. The highest BCUT2D eigenvalue weighted by Crippen LogP contribution is 2.17. The predicted octanol–water partition coefficient (Wildman–Crippen LogP) is 2.92. The Morgan fingerprint density at radius 2 is 2.19 bits per heavy atom. The van der Waals surface area contributed by atoms with E-state index < -0.39 is 6.10 Å². The Morgan fingerprint density at radius 1 is 1.44 bits per heavy atom. The fourth-order valence-electron chi connectivity index (χ4n) is 1.57. The minimum Gasteiger partial charge on any atom is -0.393 e. The van der Waals surface area contributed by atoms with Gasteiger partial charge in [0, 0.05) is 18.2 Å². The van der Waals surface area contributed by atoms with E-state index in [9.17, 15) is 9.50 Å². The molecule has 1 N–H and O–H groups in total. The Hall–Kier alpha value is -0.450. The van der Waals surface area contributed by atoms with Gasteiger partial charge in [0.15, 0.2) is 0 Å². The fourth-order valence-corrected chi connectivity index (χ4v) is 2.08. The van der Waals surface area contributed by atoms with Gasteiger partial charge in [-0.2, -0.15) is 0 Å². The summed E-state index contributed by atoms with van der Waals surface area (Å²) in [7, 11) is 1.63. The Labute approximate surface area is 104 Å². The third-order valence-corrected chi connectivity index (χ3v) is 2.74. The van der Waals surface area contributed by atoms with Gasteiger partial charge in [0.05, 0.1) is 6.10 Å². The molecule has 0 aromatic heterocycles. The van der Waals surface area contributed by atoms with Gasteiger partial charge in [0.25, 0.3) is 0 Å². The van der Waals surface area contributed by atoms with Gasteiger partial charge < -0.3 is 9.84 Å². The second-order valence-electron chi connectivity index (χ2n) is 3.77. The Kier molecular flexibility index (Phi) is 5.95. The average Bonchev–Trinajstić information content (AvgIpc) is 2.16. The summed E-state index contributed by atoms with van der Waals surface area (Å²) in [6.07, 6.45) is 1.51. The first kappa shape index (κ1) is 13.6. The van der Waals surface area contributed by atoms with Gasteiger partial charge in [-0.1, -0.05) is 15.9 Å². The molecule has 1 aromatic carbocycles. The predicted molar refractivity (Wildman–Crippen MR) is 64.9 cm³/mol. The third kappa shape index (κ3) is 5.05. The highest BCUT2D eigenvalue weighted by atomic mass is 79.9. The molecular formula is C12H16BrFO2. The summed E-state index contributed by atoms with van der Waals surface area (Å²) < 4.78 is 18.7. The van der Waals surface area contributed by atoms with Crippen LogP contribution in [0.15, 0.2) is 22.7 Å². The van der Waals surface area contributed by atoms with Crippen LogP contribution in [0.4, 0.5) is 4.39 Å². The number of halogens is 2. The number of methoxy groups -OCH3 is 1. The molecule has 2 nitrogen and oxygen atoms in total. The van der Waals surface area contributed by atoms with Crippen molar-refractivity contribution in [2.45, 2.75) is 25.4 Å². The van der Waals surface area contributed by atoms with Crippen LogP contribution in [0.1, 0.15) is 18.4 Å². The van der Waals surface area contributed by atoms with Crippen LogP contribution in [-0.2, 0) is 11.2 Å².